The molecule has 0 spiro atoms. The number of benzene rings is 1. The number of nitrogens with zero attached hydrogens (tertiary/aromatic N) is 3. The zero-order chi connectivity index (χ0) is 22.6. The third-order valence-electron chi connectivity index (χ3n) is 4.90. The number of urea groups is 1. The molecule has 1 atom stereocenters. The second kappa shape index (κ2) is 9.34. The fourth-order valence-electron chi connectivity index (χ4n) is 3.39. The third kappa shape index (κ3) is 5.32. The van der Waals surface area contributed by atoms with Crippen LogP contribution in [0.15, 0.2) is 51.9 Å². The summed E-state index contributed by atoms with van der Waals surface area (Å²) in [6.45, 7) is 8.55. The van der Waals surface area contributed by atoms with Crippen molar-refractivity contribution in [1.29, 1.82) is 0 Å². The van der Waals surface area contributed by atoms with Crippen molar-refractivity contribution >= 4 is 16.9 Å². The summed E-state index contributed by atoms with van der Waals surface area (Å²) in [6.07, 6.45) is 1.57. The second-order valence-electron chi connectivity index (χ2n) is 8.50. The monoisotopic (exact) mass is 426 g/mol. The van der Waals surface area contributed by atoms with Gasteiger partial charge in [-0.25, -0.2) is 9.78 Å². The van der Waals surface area contributed by atoms with Crippen molar-refractivity contribution in [1.82, 2.24) is 19.8 Å². The SMILES string of the molecule is COCCn1c(C(C)N(Cc2ccco2)C(=O)NC(C)(C)C)nc2ccccc2c1=O. The van der Waals surface area contributed by atoms with Gasteiger partial charge in [0.1, 0.15) is 11.6 Å². The summed E-state index contributed by atoms with van der Waals surface area (Å²) in [6, 6.07) is 10.1. The first kappa shape index (κ1) is 22.6. The fourth-order valence-corrected chi connectivity index (χ4v) is 3.39. The third-order valence-corrected chi connectivity index (χ3v) is 4.90. The summed E-state index contributed by atoms with van der Waals surface area (Å²) in [5.74, 6) is 1.14. The van der Waals surface area contributed by atoms with Crippen molar-refractivity contribution < 1.29 is 13.9 Å². The van der Waals surface area contributed by atoms with Crippen LogP contribution in [-0.4, -0.2) is 39.7 Å². The number of rotatable bonds is 7. The molecule has 2 amide bonds. The average Bonchev–Trinajstić information content (AvgIpc) is 3.23. The molecule has 31 heavy (non-hydrogen) atoms. The van der Waals surface area contributed by atoms with Crippen LogP contribution < -0.4 is 10.9 Å². The van der Waals surface area contributed by atoms with Crippen molar-refractivity contribution in [3.8, 4) is 0 Å². The van der Waals surface area contributed by atoms with Crippen LogP contribution in [0.25, 0.3) is 10.9 Å². The lowest BCUT2D eigenvalue weighted by Gasteiger charge is -2.33. The first-order chi connectivity index (χ1) is 14.7. The Morgan fingerprint density at radius 2 is 2.00 bits per heavy atom. The van der Waals surface area contributed by atoms with E-state index in [9.17, 15) is 9.59 Å². The number of carbonyl (C=O) groups excluding carboxylic acids is 1. The van der Waals surface area contributed by atoms with Gasteiger partial charge in [0, 0.05) is 12.6 Å². The number of amides is 2. The van der Waals surface area contributed by atoms with Gasteiger partial charge in [-0.15, -0.1) is 0 Å². The van der Waals surface area contributed by atoms with E-state index in [-0.39, 0.29) is 18.1 Å². The van der Waals surface area contributed by atoms with Crippen molar-refractivity contribution in [3.63, 3.8) is 0 Å². The Hall–Kier alpha value is -3.13. The van der Waals surface area contributed by atoms with E-state index >= 15 is 0 Å². The van der Waals surface area contributed by atoms with E-state index in [0.29, 0.717) is 35.6 Å². The summed E-state index contributed by atoms with van der Waals surface area (Å²) < 4.78 is 12.3. The number of methoxy groups -OCH3 is 1. The van der Waals surface area contributed by atoms with Gasteiger partial charge in [0.15, 0.2) is 0 Å². The molecule has 0 fully saturated rings. The van der Waals surface area contributed by atoms with Crippen molar-refractivity contribution in [2.24, 2.45) is 0 Å². The average molecular weight is 427 g/mol. The van der Waals surface area contributed by atoms with Crippen LogP contribution in [0.4, 0.5) is 4.79 Å². The van der Waals surface area contributed by atoms with Crippen molar-refractivity contribution in [2.75, 3.05) is 13.7 Å². The molecular formula is C23H30N4O4. The lowest BCUT2D eigenvalue weighted by Crippen LogP contribution is -2.49. The molecule has 0 aliphatic rings. The fraction of sp³-hybridized carbons (Fsp3) is 0.435. The smallest absolute Gasteiger partial charge is 0.318 e. The Kier molecular flexibility index (Phi) is 6.80. The summed E-state index contributed by atoms with van der Waals surface area (Å²) >= 11 is 0. The molecule has 1 unspecified atom stereocenters. The minimum Gasteiger partial charge on any atom is -0.467 e. The molecule has 8 nitrogen and oxygen atoms in total. The van der Waals surface area contributed by atoms with Crippen molar-refractivity contribution in [3.05, 3.63) is 64.6 Å². The van der Waals surface area contributed by atoms with E-state index in [1.165, 1.54) is 0 Å². The van der Waals surface area contributed by atoms with Gasteiger partial charge in [0.2, 0.25) is 0 Å². The van der Waals surface area contributed by atoms with Gasteiger partial charge in [0.25, 0.3) is 5.56 Å². The summed E-state index contributed by atoms with van der Waals surface area (Å²) in [5, 5.41) is 3.54. The molecule has 1 N–H and O–H groups in total. The molecule has 0 aliphatic carbocycles. The predicted molar refractivity (Wildman–Crippen MR) is 119 cm³/mol. The number of fused-ring (bicyclic) bond motifs is 1. The van der Waals surface area contributed by atoms with Crippen LogP contribution in [-0.2, 0) is 17.8 Å². The molecule has 0 saturated carbocycles. The topological polar surface area (TPSA) is 89.6 Å². The summed E-state index contributed by atoms with van der Waals surface area (Å²) in [5.41, 5.74) is 0.0148. The number of nitrogens with one attached hydrogen (secondary N) is 1. The van der Waals surface area contributed by atoms with E-state index in [0.717, 1.165) is 0 Å². The molecule has 166 valence electrons. The Labute approximate surface area is 181 Å². The maximum Gasteiger partial charge on any atom is 0.318 e. The molecule has 2 aromatic heterocycles. The highest BCUT2D eigenvalue weighted by Crippen LogP contribution is 2.23. The minimum absolute atomic E-state index is 0.154. The lowest BCUT2D eigenvalue weighted by atomic mass is 10.1. The minimum atomic E-state index is -0.499. The van der Waals surface area contributed by atoms with Crippen LogP contribution in [0.1, 0.15) is 45.3 Å². The summed E-state index contributed by atoms with van der Waals surface area (Å²) in [7, 11) is 1.59. The Morgan fingerprint density at radius 3 is 2.65 bits per heavy atom. The molecule has 3 aromatic rings. The van der Waals surface area contributed by atoms with Crippen LogP contribution >= 0.6 is 0 Å². The van der Waals surface area contributed by atoms with Crippen molar-refractivity contribution in [2.45, 2.75) is 52.4 Å². The van der Waals surface area contributed by atoms with Crippen LogP contribution in [0.5, 0.6) is 0 Å². The lowest BCUT2D eigenvalue weighted by molar-refractivity contribution is 0.153. The quantitative estimate of drug-likeness (QED) is 0.622. The second-order valence-corrected chi connectivity index (χ2v) is 8.50. The Bertz CT molecular complexity index is 1080. The first-order valence-corrected chi connectivity index (χ1v) is 10.3. The number of furan rings is 1. The zero-order valence-corrected chi connectivity index (χ0v) is 18.7. The van der Waals surface area contributed by atoms with Gasteiger partial charge in [0.05, 0.1) is 42.9 Å². The normalized spacial score (nSPS) is 12.7. The van der Waals surface area contributed by atoms with E-state index in [1.54, 1.807) is 41.0 Å². The Balaban J connectivity index is 2.09. The number of hydrogen-bond acceptors (Lipinski definition) is 5. The molecule has 8 heteroatoms. The predicted octanol–water partition coefficient (Wildman–Crippen LogP) is 3.71. The number of carbonyl (C=O) groups is 1. The first-order valence-electron chi connectivity index (χ1n) is 10.3. The van der Waals surface area contributed by atoms with Gasteiger partial charge >= 0.3 is 6.03 Å². The molecule has 0 aliphatic heterocycles. The number of aromatic nitrogens is 2. The molecular weight excluding hydrogens is 396 g/mol. The number of ether oxygens (including phenoxy) is 1. The highest BCUT2D eigenvalue weighted by Gasteiger charge is 2.29. The highest BCUT2D eigenvalue weighted by atomic mass is 16.5. The van der Waals surface area contributed by atoms with Gasteiger partial charge < -0.3 is 19.4 Å². The van der Waals surface area contributed by atoms with Gasteiger partial charge in [-0.1, -0.05) is 12.1 Å². The van der Waals surface area contributed by atoms with Gasteiger partial charge in [-0.05, 0) is 52.0 Å². The molecule has 2 heterocycles. The molecule has 1 aromatic carbocycles. The maximum atomic E-state index is 13.2. The van der Waals surface area contributed by atoms with Crippen LogP contribution in [0.3, 0.4) is 0 Å². The maximum absolute atomic E-state index is 13.2. The Morgan fingerprint density at radius 1 is 1.26 bits per heavy atom. The standard InChI is InChI=1S/C23H30N4O4/c1-16(27(15-17-9-8-13-31-17)22(29)25-23(2,3)4)20-24-19-11-7-6-10-18(19)21(28)26(20)12-14-30-5/h6-11,13,16H,12,14-15H2,1-5H3,(H,25,29). The molecule has 3 rings (SSSR count). The van der Waals surface area contributed by atoms with Gasteiger partial charge in [-0.2, -0.15) is 0 Å². The van der Waals surface area contributed by atoms with Crippen LogP contribution in [0, 0.1) is 0 Å². The number of hydrogen-bond donors (Lipinski definition) is 1. The molecule has 0 saturated heterocycles. The van der Waals surface area contributed by atoms with Crippen LogP contribution in [0.2, 0.25) is 0 Å². The number of para-hydroxylation sites is 1. The van der Waals surface area contributed by atoms with E-state index in [1.807, 2.05) is 45.9 Å². The molecule has 0 bridgehead atoms. The van der Waals surface area contributed by atoms with E-state index in [2.05, 4.69) is 5.32 Å². The van der Waals surface area contributed by atoms with E-state index < -0.39 is 11.6 Å². The largest absolute Gasteiger partial charge is 0.467 e. The van der Waals surface area contributed by atoms with Gasteiger partial charge in [-0.3, -0.25) is 9.36 Å². The zero-order valence-electron chi connectivity index (χ0n) is 18.7. The molecule has 0 radical (unpaired) electrons. The summed E-state index contributed by atoms with van der Waals surface area (Å²) in [4.78, 5) is 32.8. The van der Waals surface area contributed by atoms with E-state index in [4.69, 9.17) is 14.1 Å². The highest BCUT2D eigenvalue weighted by molar-refractivity contribution is 5.78.